The van der Waals surface area contributed by atoms with Crippen molar-refractivity contribution in [3.63, 3.8) is 0 Å². The van der Waals surface area contributed by atoms with Crippen LogP contribution in [0.15, 0.2) is 84.4 Å². The van der Waals surface area contributed by atoms with Gasteiger partial charge in [-0.2, -0.15) is 0 Å². The maximum absolute atomic E-state index is 11.7. The Hall–Kier alpha value is -2.49. The van der Waals surface area contributed by atoms with E-state index in [0.29, 0.717) is 6.42 Å². The van der Waals surface area contributed by atoms with Crippen molar-refractivity contribution in [2.75, 3.05) is 0 Å². The zero-order valence-electron chi connectivity index (χ0n) is 13.1. The van der Waals surface area contributed by atoms with E-state index in [0.717, 1.165) is 22.2 Å². The minimum Gasteiger partial charge on any atom is -0.380 e. The molecule has 4 rings (SSSR count). The van der Waals surface area contributed by atoms with Gasteiger partial charge in [0.25, 0.3) is 0 Å². The van der Waals surface area contributed by atoms with Crippen molar-refractivity contribution in [2.45, 2.75) is 12.0 Å². The number of aliphatic hydroxyl groups is 1. The number of fused-ring (bicyclic) bond motifs is 1. The molecule has 0 radical (unpaired) electrons. The average Bonchev–Trinajstić information content (AvgIpc) is 3.13. The lowest BCUT2D eigenvalue weighted by Gasteiger charge is -2.29. The Bertz CT molecular complexity index is 908. The Balaban J connectivity index is 1.86. The lowest BCUT2D eigenvalue weighted by molar-refractivity contribution is 0.0804. The van der Waals surface area contributed by atoms with Crippen LogP contribution < -0.4 is 0 Å². The Morgan fingerprint density at radius 1 is 0.833 bits per heavy atom. The van der Waals surface area contributed by atoms with Crippen molar-refractivity contribution in [3.8, 4) is 0 Å². The fraction of sp³-hybridized carbons (Fsp3) is 0.0952. The standard InChI is InChI=1S/C21H17NOS/c23-21(16-7-3-1-4-8-16,17-9-5-2-6-10-17)15-19-18-12-14-24-20(18)11-13-22-19/h1-14,23H,15H2. The van der Waals surface area contributed by atoms with Gasteiger partial charge in [-0.3, -0.25) is 4.98 Å². The monoisotopic (exact) mass is 331 g/mol. The van der Waals surface area contributed by atoms with Gasteiger partial charge in [-0.1, -0.05) is 60.7 Å². The molecular formula is C21H17NOS. The van der Waals surface area contributed by atoms with E-state index in [2.05, 4.69) is 16.4 Å². The number of aromatic nitrogens is 1. The summed E-state index contributed by atoms with van der Waals surface area (Å²) in [6, 6.07) is 23.8. The van der Waals surface area contributed by atoms with E-state index in [1.54, 1.807) is 11.3 Å². The molecule has 2 aromatic carbocycles. The van der Waals surface area contributed by atoms with Crippen molar-refractivity contribution in [1.82, 2.24) is 4.98 Å². The van der Waals surface area contributed by atoms with Crippen molar-refractivity contribution in [2.24, 2.45) is 0 Å². The number of nitrogens with zero attached hydrogens (tertiary/aromatic N) is 1. The van der Waals surface area contributed by atoms with Gasteiger partial charge in [-0.25, -0.2) is 0 Å². The van der Waals surface area contributed by atoms with Gasteiger partial charge in [0.15, 0.2) is 0 Å². The summed E-state index contributed by atoms with van der Waals surface area (Å²) >= 11 is 1.70. The first-order chi connectivity index (χ1) is 11.8. The highest BCUT2D eigenvalue weighted by atomic mass is 32.1. The average molecular weight is 331 g/mol. The van der Waals surface area contributed by atoms with Crippen molar-refractivity contribution in [3.05, 3.63) is 101 Å². The number of hydrogen-bond donors (Lipinski definition) is 1. The van der Waals surface area contributed by atoms with Gasteiger partial charge in [0.05, 0.1) is 5.69 Å². The number of benzene rings is 2. The smallest absolute Gasteiger partial charge is 0.120 e. The molecule has 2 aromatic heterocycles. The Morgan fingerprint density at radius 2 is 1.46 bits per heavy atom. The fourth-order valence-electron chi connectivity index (χ4n) is 3.13. The molecule has 0 aliphatic heterocycles. The number of rotatable bonds is 4. The molecule has 0 saturated heterocycles. The normalized spacial score (nSPS) is 11.7. The molecule has 0 atom stereocenters. The first-order valence-corrected chi connectivity index (χ1v) is 8.80. The molecule has 0 saturated carbocycles. The summed E-state index contributed by atoms with van der Waals surface area (Å²) in [5.41, 5.74) is 1.57. The lowest BCUT2D eigenvalue weighted by atomic mass is 9.82. The molecule has 0 fully saturated rings. The second-order valence-corrected chi connectivity index (χ2v) is 6.81. The van der Waals surface area contributed by atoms with Gasteiger partial charge in [0.1, 0.15) is 5.60 Å². The minimum atomic E-state index is -1.11. The van der Waals surface area contributed by atoms with E-state index in [4.69, 9.17) is 0 Å². The Kier molecular flexibility index (Phi) is 3.89. The van der Waals surface area contributed by atoms with Crippen molar-refractivity contribution >= 4 is 21.4 Å². The van der Waals surface area contributed by atoms with E-state index >= 15 is 0 Å². The molecular weight excluding hydrogens is 314 g/mol. The van der Waals surface area contributed by atoms with E-state index in [-0.39, 0.29) is 0 Å². The third-order valence-corrected chi connectivity index (χ3v) is 5.27. The third kappa shape index (κ3) is 2.62. The maximum Gasteiger partial charge on any atom is 0.120 e. The molecule has 0 amide bonds. The quantitative estimate of drug-likeness (QED) is 0.584. The van der Waals surface area contributed by atoms with Crippen LogP contribution in [-0.2, 0) is 12.0 Å². The Labute approximate surface area is 145 Å². The van der Waals surface area contributed by atoms with Gasteiger partial charge in [0, 0.05) is 22.7 Å². The summed E-state index contributed by atoms with van der Waals surface area (Å²) in [4.78, 5) is 4.56. The van der Waals surface area contributed by atoms with Gasteiger partial charge in [-0.05, 0) is 28.6 Å². The molecule has 2 heterocycles. The predicted molar refractivity (Wildman–Crippen MR) is 99.2 cm³/mol. The first-order valence-electron chi connectivity index (χ1n) is 7.92. The van der Waals surface area contributed by atoms with E-state index in [1.807, 2.05) is 72.9 Å². The minimum absolute atomic E-state index is 0.440. The zero-order valence-corrected chi connectivity index (χ0v) is 13.9. The molecule has 0 unspecified atom stereocenters. The first kappa shape index (κ1) is 15.1. The van der Waals surface area contributed by atoms with Crippen LogP contribution in [0, 0.1) is 0 Å². The topological polar surface area (TPSA) is 33.1 Å². The summed E-state index contributed by atoms with van der Waals surface area (Å²) in [5, 5.41) is 14.9. The van der Waals surface area contributed by atoms with E-state index in [1.165, 1.54) is 4.70 Å². The van der Waals surface area contributed by atoms with Gasteiger partial charge in [-0.15, -0.1) is 11.3 Å². The summed E-state index contributed by atoms with van der Waals surface area (Å²) in [5.74, 6) is 0. The van der Waals surface area contributed by atoms with Gasteiger partial charge < -0.3 is 5.11 Å². The molecule has 24 heavy (non-hydrogen) atoms. The highest BCUT2D eigenvalue weighted by Crippen LogP contribution is 2.35. The molecule has 1 N–H and O–H groups in total. The molecule has 3 heteroatoms. The number of thiophene rings is 1. The summed E-state index contributed by atoms with van der Waals surface area (Å²) < 4.78 is 1.20. The van der Waals surface area contributed by atoms with Gasteiger partial charge in [0.2, 0.25) is 0 Å². The van der Waals surface area contributed by atoms with Crippen LogP contribution in [-0.4, -0.2) is 10.1 Å². The maximum atomic E-state index is 11.7. The molecule has 118 valence electrons. The molecule has 0 aliphatic rings. The molecule has 4 aromatic rings. The summed E-state index contributed by atoms with van der Waals surface area (Å²) in [6.07, 6.45) is 2.26. The third-order valence-electron chi connectivity index (χ3n) is 4.39. The van der Waals surface area contributed by atoms with E-state index in [9.17, 15) is 5.11 Å². The van der Waals surface area contributed by atoms with Crippen LogP contribution in [0.4, 0.5) is 0 Å². The van der Waals surface area contributed by atoms with Crippen LogP contribution in [0.2, 0.25) is 0 Å². The highest BCUT2D eigenvalue weighted by molar-refractivity contribution is 7.17. The molecule has 0 aliphatic carbocycles. The second-order valence-electron chi connectivity index (χ2n) is 5.86. The lowest BCUT2D eigenvalue weighted by Crippen LogP contribution is -2.30. The predicted octanol–water partition coefficient (Wildman–Crippen LogP) is 4.77. The highest BCUT2D eigenvalue weighted by Gasteiger charge is 2.32. The van der Waals surface area contributed by atoms with Crippen LogP contribution in [0.3, 0.4) is 0 Å². The zero-order chi connectivity index (χ0) is 16.4. The van der Waals surface area contributed by atoms with Crippen LogP contribution in [0.5, 0.6) is 0 Å². The summed E-state index contributed by atoms with van der Waals surface area (Å²) in [7, 11) is 0. The van der Waals surface area contributed by atoms with E-state index < -0.39 is 5.60 Å². The Morgan fingerprint density at radius 3 is 2.08 bits per heavy atom. The van der Waals surface area contributed by atoms with Gasteiger partial charge >= 0.3 is 0 Å². The molecule has 0 spiro atoms. The molecule has 2 nitrogen and oxygen atoms in total. The van der Waals surface area contributed by atoms with Crippen molar-refractivity contribution in [1.29, 1.82) is 0 Å². The summed E-state index contributed by atoms with van der Waals surface area (Å²) in [6.45, 7) is 0. The number of hydrogen-bond acceptors (Lipinski definition) is 3. The van der Waals surface area contributed by atoms with Crippen molar-refractivity contribution < 1.29 is 5.11 Å². The largest absolute Gasteiger partial charge is 0.380 e. The second kappa shape index (κ2) is 6.19. The van der Waals surface area contributed by atoms with Crippen LogP contribution >= 0.6 is 11.3 Å². The number of pyridine rings is 1. The van der Waals surface area contributed by atoms with Crippen LogP contribution in [0.25, 0.3) is 10.1 Å². The van der Waals surface area contributed by atoms with Crippen LogP contribution in [0.1, 0.15) is 16.8 Å². The molecule has 0 bridgehead atoms. The fourth-order valence-corrected chi connectivity index (χ4v) is 3.94. The SMILES string of the molecule is OC(Cc1nccc2sccc12)(c1ccccc1)c1ccccc1.